The van der Waals surface area contributed by atoms with Crippen molar-refractivity contribution in [2.24, 2.45) is 17.1 Å². The molecule has 0 spiro atoms. The second kappa shape index (κ2) is 6.26. The first-order valence-corrected chi connectivity index (χ1v) is 7.37. The van der Waals surface area contributed by atoms with Crippen molar-refractivity contribution in [1.29, 1.82) is 0 Å². The number of nitrogens with two attached hydrogens (primary N) is 1. The molecule has 1 aromatic carbocycles. The standard InChI is InChI=1S/C16H22F3NO/c1-12-6-8-15(11-20,9-7-12)10-13-2-4-14(5-3-13)21-16(17,18)19/h2-5,12H,6-11,20H2,1H3. The molecule has 1 fully saturated rings. The van der Waals surface area contributed by atoms with Crippen LogP contribution in [0.3, 0.4) is 0 Å². The fraction of sp³-hybridized carbons (Fsp3) is 0.625. The number of hydrogen-bond donors (Lipinski definition) is 1. The van der Waals surface area contributed by atoms with Crippen molar-refractivity contribution in [3.05, 3.63) is 29.8 Å². The zero-order valence-corrected chi connectivity index (χ0v) is 12.2. The molecule has 0 atom stereocenters. The van der Waals surface area contributed by atoms with Crippen LogP contribution in [0.5, 0.6) is 5.75 Å². The van der Waals surface area contributed by atoms with E-state index in [1.807, 2.05) is 0 Å². The predicted octanol–water partition coefficient (Wildman–Crippen LogP) is 4.28. The van der Waals surface area contributed by atoms with Crippen LogP contribution in [0, 0.1) is 11.3 Å². The lowest BCUT2D eigenvalue weighted by Gasteiger charge is -2.39. The molecule has 1 aromatic rings. The summed E-state index contributed by atoms with van der Waals surface area (Å²) in [6, 6.07) is 6.16. The summed E-state index contributed by atoms with van der Waals surface area (Å²) in [5, 5.41) is 0. The molecular formula is C16H22F3NO. The minimum absolute atomic E-state index is 0.0961. The Bertz CT molecular complexity index is 448. The van der Waals surface area contributed by atoms with Crippen LogP contribution in [-0.4, -0.2) is 12.9 Å². The van der Waals surface area contributed by atoms with Crippen LogP contribution in [0.2, 0.25) is 0 Å². The normalized spacial score (nSPS) is 26.6. The van der Waals surface area contributed by atoms with Gasteiger partial charge in [-0.1, -0.05) is 31.9 Å². The van der Waals surface area contributed by atoms with Crippen LogP contribution in [0.15, 0.2) is 24.3 Å². The number of benzene rings is 1. The third-order valence-corrected chi connectivity index (χ3v) is 4.50. The molecule has 0 saturated heterocycles. The monoisotopic (exact) mass is 301 g/mol. The quantitative estimate of drug-likeness (QED) is 0.900. The molecule has 0 radical (unpaired) electrons. The first-order valence-electron chi connectivity index (χ1n) is 7.37. The Kier molecular flexibility index (Phi) is 4.81. The highest BCUT2D eigenvalue weighted by molar-refractivity contribution is 5.28. The second-order valence-corrected chi connectivity index (χ2v) is 6.26. The van der Waals surface area contributed by atoms with Crippen molar-refractivity contribution in [1.82, 2.24) is 0 Å². The van der Waals surface area contributed by atoms with E-state index in [2.05, 4.69) is 11.7 Å². The minimum Gasteiger partial charge on any atom is -0.406 e. The first kappa shape index (κ1) is 16.1. The van der Waals surface area contributed by atoms with Gasteiger partial charge in [-0.05, 0) is 54.8 Å². The molecule has 0 amide bonds. The molecule has 2 rings (SSSR count). The van der Waals surface area contributed by atoms with Crippen LogP contribution in [0.1, 0.15) is 38.2 Å². The SMILES string of the molecule is CC1CCC(CN)(Cc2ccc(OC(F)(F)F)cc2)CC1. The molecule has 1 aliphatic rings. The van der Waals surface area contributed by atoms with Crippen molar-refractivity contribution in [2.75, 3.05) is 6.54 Å². The number of halogens is 3. The zero-order valence-electron chi connectivity index (χ0n) is 12.2. The van der Waals surface area contributed by atoms with Crippen LogP contribution < -0.4 is 10.5 Å². The van der Waals surface area contributed by atoms with Gasteiger partial charge in [-0.2, -0.15) is 0 Å². The van der Waals surface area contributed by atoms with Gasteiger partial charge in [0.15, 0.2) is 0 Å². The van der Waals surface area contributed by atoms with E-state index >= 15 is 0 Å². The van der Waals surface area contributed by atoms with Gasteiger partial charge in [0.2, 0.25) is 0 Å². The Morgan fingerprint density at radius 1 is 1.19 bits per heavy atom. The highest BCUT2D eigenvalue weighted by Crippen LogP contribution is 2.40. The molecule has 5 heteroatoms. The van der Waals surface area contributed by atoms with Crippen molar-refractivity contribution < 1.29 is 17.9 Å². The summed E-state index contributed by atoms with van der Waals surface area (Å²) in [6.45, 7) is 2.88. The van der Waals surface area contributed by atoms with E-state index in [0.29, 0.717) is 6.54 Å². The minimum atomic E-state index is -4.64. The van der Waals surface area contributed by atoms with Crippen molar-refractivity contribution in [2.45, 2.75) is 45.4 Å². The Hall–Kier alpha value is -1.23. The van der Waals surface area contributed by atoms with E-state index in [1.165, 1.54) is 25.0 Å². The molecule has 0 aliphatic heterocycles. The first-order chi connectivity index (χ1) is 9.82. The van der Waals surface area contributed by atoms with Gasteiger partial charge in [0.05, 0.1) is 0 Å². The maximum Gasteiger partial charge on any atom is 0.573 e. The number of ether oxygens (including phenoxy) is 1. The van der Waals surface area contributed by atoms with Crippen LogP contribution in [-0.2, 0) is 6.42 Å². The molecular weight excluding hydrogens is 279 g/mol. The van der Waals surface area contributed by atoms with Gasteiger partial charge in [-0.3, -0.25) is 0 Å². The highest BCUT2D eigenvalue weighted by Gasteiger charge is 2.33. The second-order valence-electron chi connectivity index (χ2n) is 6.26. The molecule has 2 N–H and O–H groups in total. The molecule has 118 valence electrons. The van der Waals surface area contributed by atoms with Crippen molar-refractivity contribution in [3.63, 3.8) is 0 Å². The van der Waals surface area contributed by atoms with Gasteiger partial charge in [-0.15, -0.1) is 13.2 Å². The molecule has 0 bridgehead atoms. The van der Waals surface area contributed by atoms with Gasteiger partial charge in [0.25, 0.3) is 0 Å². The predicted molar refractivity (Wildman–Crippen MR) is 75.9 cm³/mol. The summed E-state index contributed by atoms with van der Waals surface area (Å²) >= 11 is 0. The third kappa shape index (κ3) is 4.63. The van der Waals surface area contributed by atoms with E-state index < -0.39 is 6.36 Å². The largest absolute Gasteiger partial charge is 0.573 e. The molecule has 0 unspecified atom stereocenters. The molecule has 1 saturated carbocycles. The van der Waals surface area contributed by atoms with E-state index in [0.717, 1.165) is 30.7 Å². The average Bonchev–Trinajstić information content (AvgIpc) is 2.42. The molecule has 1 aliphatic carbocycles. The van der Waals surface area contributed by atoms with Crippen LogP contribution in [0.4, 0.5) is 13.2 Å². The lowest BCUT2D eigenvalue weighted by Crippen LogP contribution is -2.36. The zero-order chi connectivity index (χ0) is 15.5. The number of rotatable bonds is 4. The summed E-state index contributed by atoms with van der Waals surface area (Å²) < 4.78 is 40.3. The summed E-state index contributed by atoms with van der Waals surface area (Å²) in [6.07, 6.45) is 0.706. The fourth-order valence-corrected chi connectivity index (χ4v) is 3.07. The molecule has 0 aromatic heterocycles. The van der Waals surface area contributed by atoms with E-state index in [-0.39, 0.29) is 11.2 Å². The third-order valence-electron chi connectivity index (χ3n) is 4.50. The van der Waals surface area contributed by atoms with Crippen molar-refractivity contribution >= 4 is 0 Å². The lowest BCUT2D eigenvalue weighted by atomic mass is 9.68. The van der Waals surface area contributed by atoms with E-state index in [9.17, 15) is 13.2 Å². The molecule has 0 heterocycles. The average molecular weight is 301 g/mol. The topological polar surface area (TPSA) is 35.2 Å². The Morgan fingerprint density at radius 3 is 2.24 bits per heavy atom. The molecule has 21 heavy (non-hydrogen) atoms. The van der Waals surface area contributed by atoms with E-state index in [4.69, 9.17) is 5.73 Å². The summed E-state index contributed by atoms with van der Waals surface area (Å²) in [5.74, 6) is 0.567. The van der Waals surface area contributed by atoms with Gasteiger partial charge >= 0.3 is 6.36 Å². The number of hydrogen-bond acceptors (Lipinski definition) is 2. The number of alkyl halides is 3. The van der Waals surface area contributed by atoms with Gasteiger partial charge in [0, 0.05) is 0 Å². The maximum atomic E-state index is 12.1. The summed E-state index contributed by atoms with van der Waals surface area (Å²) in [4.78, 5) is 0. The molecule has 2 nitrogen and oxygen atoms in total. The highest BCUT2D eigenvalue weighted by atomic mass is 19.4. The maximum absolute atomic E-state index is 12.1. The smallest absolute Gasteiger partial charge is 0.406 e. The van der Waals surface area contributed by atoms with E-state index in [1.54, 1.807) is 12.1 Å². The van der Waals surface area contributed by atoms with Gasteiger partial charge < -0.3 is 10.5 Å². The van der Waals surface area contributed by atoms with Crippen LogP contribution in [0.25, 0.3) is 0 Å². The Labute approximate surface area is 123 Å². The summed E-state index contributed by atoms with van der Waals surface area (Å²) in [5.41, 5.74) is 7.09. The van der Waals surface area contributed by atoms with Crippen molar-refractivity contribution in [3.8, 4) is 5.75 Å². The van der Waals surface area contributed by atoms with Crippen LogP contribution >= 0.6 is 0 Å². The summed E-state index contributed by atoms with van der Waals surface area (Å²) in [7, 11) is 0. The Morgan fingerprint density at radius 2 is 1.76 bits per heavy atom. The van der Waals surface area contributed by atoms with Gasteiger partial charge in [-0.25, -0.2) is 0 Å². The lowest BCUT2D eigenvalue weighted by molar-refractivity contribution is -0.274. The fourth-order valence-electron chi connectivity index (χ4n) is 3.07. The Balaban J connectivity index is 2.02. The van der Waals surface area contributed by atoms with Gasteiger partial charge in [0.1, 0.15) is 5.75 Å².